The van der Waals surface area contributed by atoms with Crippen molar-refractivity contribution in [3.05, 3.63) is 24.0 Å². The third kappa shape index (κ3) is 1.61. The van der Waals surface area contributed by atoms with E-state index in [4.69, 9.17) is 0 Å². The second kappa shape index (κ2) is 3.26. The number of hydrogen-bond donors (Lipinski definition) is 1. The Bertz CT molecular complexity index is 342. The highest BCUT2D eigenvalue weighted by Crippen LogP contribution is 2.29. The van der Waals surface area contributed by atoms with Gasteiger partial charge < -0.3 is 5.32 Å². The van der Waals surface area contributed by atoms with Gasteiger partial charge in [-0.15, -0.1) is 0 Å². The molecule has 2 nitrogen and oxygen atoms in total. The van der Waals surface area contributed by atoms with Gasteiger partial charge in [0.15, 0.2) is 18.9 Å². The molecule has 74 valence electrons. The SMILES string of the molecule is c1c[n+](CC2CC2)cc2c1NCCC2. The van der Waals surface area contributed by atoms with E-state index in [0.29, 0.717) is 0 Å². The van der Waals surface area contributed by atoms with Crippen LogP contribution in [-0.4, -0.2) is 6.54 Å². The van der Waals surface area contributed by atoms with Gasteiger partial charge in [-0.3, -0.25) is 0 Å². The van der Waals surface area contributed by atoms with E-state index in [1.807, 2.05) is 0 Å². The lowest BCUT2D eigenvalue weighted by Gasteiger charge is -2.15. The number of aromatic nitrogens is 1. The van der Waals surface area contributed by atoms with Crippen LogP contribution < -0.4 is 9.88 Å². The van der Waals surface area contributed by atoms with Crippen molar-refractivity contribution in [2.24, 2.45) is 5.92 Å². The van der Waals surface area contributed by atoms with E-state index in [0.717, 1.165) is 12.5 Å². The summed E-state index contributed by atoms with van der Waals surface area (Å²) in [7, 11) is 0. The number of nitrogens with zero attached hydrogens (tertiary/aromatic N) is 1. The van der Waals surface area contributed by atoms with Crippen LogP contribution in [0.25, 0.3) is 0 Å². The second-order valence-corrected chi connectivity index (χ2v) is 4.55. The Balaban J connectivity index is 1.84. The van der Waals surface area contributed by atoms with Crippen molar-refractivity contribution in [3.8, 4) is 0 Å². The maximum absolute atomic E-state index is 3.45. The van der Waals surface area contributed by atoms with Crippen LogP contribution in [0.4, 0.5) is 5.69 Å². The summed E-state index contributed by atoms with van der Waals surface area (Å²) in [5.74, 6) is 0.967. The molecule has 2 heterocycles. The summed E-state index contributed by atoms with van der Waals surface area (Å²) in [5, 5.41) is 3.45. The van der Waals surface area contributed by atoms with E-state index < -0.39 is 0 Å². The molecule has 3 rings (SSSR count). The lowest BCUT2D eigenvalue weighted by molar-refractivity contribution is -0.700. The van der Waals surface area contributed by atoms with Crippen LogP contribution in [0.2, 0.25) is 0 Å². The predicted octanol–water partition coefficient (Wildman–Crippen LogP) is 1.74. The van der Waals surface area contributed by atoms with E-state index in [1.54, 1.807) is 0 Å². The fraction of sp³-hybridized carbons (Fsp3) is 0.583. The molecule has 1 N–H and O–H groups in total. The van der Waals surface area contributed by atoms with Crippen molar-refractivity contribution in [3.63, 3.8) is 0 Å². The van der Waals surface area contributed by atoms with Crippen molar-refractivity contribution in [1.29, 1.82) is 0 Å². The van der Waals surface area contributed by atoms with Gasteiger partial charge in [-0.05, 0) is 25.7 Å². The Morgan fingerprint density at radius 3 is 3.21 bits per heavy atom. The molecular formula is C12H17N2+. The summed E-state index contributed by atoms with van der Waals surface area (Å²) in [6.45, 7) is 2.37. The van der Waals surface area contributed by atoms with Gasteiger partial charge in [-0.2, -0.15) is 0 Å². The zero-order valence-corrected chi connectivity index (χ0v) is 8.50. The molecule has 0 unspecified atom stereocenters. The van der Waals surface area contributed by atoms with Gasteiger partial charge in [0, 0.05) is 29.8 Å². The number of nitrogens with one attached hydrogen (secondary N) is 1. The van der Waals surface area contributed by atoms with Gasteiger partial charge in [0.05, 0.1) is 0 Å². The van der Waals surface area contributed by atoms with Crippen LogP contribution in [-0.2, 0) is 13.0 Å². The molecule has 2 aliphatic rings. The Morgan fingerprint density at radius 1 is 1.43 bits per heavy atom. The lowest BCUT2D eigenvalue weighted by atomic mass is 10.1. The molecule has 0 spiro atoms. The molecule has 1 aromatic heterocycles. The van der Waals surface area contributed by atoms with Crippen LogP contribution in [0, 0.1) is 5.92 Å². The highest BCUT2D eigenvalue weighted by atomic mass is 15.0. The van der Waals surface area contributed by atoms with Gasteiger partial charge in [0.1, 0.15) is 0 Å². The molecule has 0 amide bonds. The summed E-state index contributed by atoms with van der Waals surface area (Å²) in [6, 6.07) is 2.23. The summed E-state index contributed by atoms with van der Waals surface area (Å²) in [4.78, 5) is 0. The van der Waals surface area contributed by atoms with Crippen molar-refractivity contribution in [1.82, 2.24) is 0 Å². The molecule has 1 aliphatic heterocycles. The monoisotopic (exact) mass is 189 g/mol. The maximum Gasteiger partial charge on any atom is 0.174 e. The molecule has 0 atom stereocenters. The minimum absolute atomic E-state index is 0.967. The third-order valence-electron chi connectivity index (χ3n) is 3.20. The standard InChI is InChI=1S/C12H16N2/c1-2-11-9-14(8-10-3-4-10)7-5-12(11)13-6-1/h5,7,9-10H,1-4,6,8H2/p+1. The number of pyridine rings is 1. The van der Waals surface area contributed by atoms with Crippen LogP contribution in [0.1, 0.15) is 24.8 Å². The van der Waals surface area contributed by atoms with Gasteiger partial charge >= 0.3 is 0 Å². The first-order valence-corrected chi connectivity index (χ1v) is 5.68. The third-order valence-corrected chi connectivity index (χ3v) is 3.20. The predicted molar refractivity (Wildman–Crippen MR) is 56.2 cm³/mol. The average Bonchev–Trinajstić information content (AvgIpc) is 3.02. The highest BCUT2D eigenvalue weighted by molar-refractivity contribution is 5.50. The molecule has 14 heavy (non-hydrogen) atoms. The number of fused-ring (bicyclic) bond motifs is 1. The summed E-state index contributed by atoms with van der Waals surface area (Å²) < 4.78 is 2.36. The van der Waals surface area contributed by atoms with Gasteiger partial charge in [-0.1, -0.05) is 0 Å². The average molecular weight is 189 g/mol. The van der Waals surface area contributed by atoms with Crippen LogP contribution in [0.5, 0.6) is 0 Å². The number of rotatable bonds is 2. The molecule has 1 aliphatic carbocycles. The molecule has 1 fully saturated rings. The summed E-state index contributed by atoms with van der Waals surface area (Å²) in [6.07, 6.45) is 9.94. The van der Waals surface area contributed by atoms with E-state index in [9.17, 15) is 0 Å². The highest BCUT2D eigenvalue weighted by Gasteiger charge is 2.26. The number of hydrogen-bond acceptors (Lipinski definition) is 1. The Morgan fingerprint density at radius 2 is 2.36 bits per heavy atom. The minimum atomic E-state index is 0.967. The Labute approximate surface area is 85.0 Å². The van der Waals surface area contributed by atoms with Crippen LogP contribution >= 0.6 is 0 Å². The molecule has 1 aromatic rings. The summed E-state index contributed by atoms with van der Waals surface area (Å²) >= 11 is 0. The largest absolute Gasteiger partial charge is 0.384 e. The number of anilines is 1. The first-order chi connectivity index (χ1) is 6.92. The van der Waals surface area contributed by atoms with Gasteiger partial charge in [-0.25, -0.2) is 4.57 Å². The van der Waals surface area contributed by atoms with Crippen LogP contribution in [0.15, 0.2) is 18.5 Å². The van der Waals surface area contributed by atoms with Crippen molar-refractivity contribution in [2.45, 2.75) is 32.2 Å². The number of aryl methyl sites for hydroxylation is 1. The zero-order valence-electron chi connectivity index (χ0n) is 8.50. The molecule has 0 bridgehead atoms. The fourth-order valence-corrected chi connectivity index (χ4v) is 2.18. The molecule has 0 aromatic carbocycles. The van der Waals surface area contributed by atoms with Crippen molar-refractivity contribution in [2.75, 3.05) is 11.9 Å². The molecular weight excluding hydrogens is 172 g/mol. The molecule has 0 radical (unpaired) electrons. The molecule has 1 saturated carbocycles. The smallest absolute Gasteiger partial charge is 0.174 e. The summed E-state index contributed by atoms with van der Waals surface area (Å²) in [5.41, 5.74) is 2.85. The fourth-order valence-electron chi connectivity index (χ4n) is 2.18. The maximum atomic E-state index is 3.45. The normalized spacial score (nSPS) is 20.0. The van der Waals surface area contributed by atoms with E-state index in [2.05, 4.69) is 28.3 Å². The first kappa shape index (κ1) is 8.27. The second-order valence-electron chi connectivity index (χ2n) is 4.55. The Hall–Kier alpha value is -1.05. The van der Waals surface area contributed by atoms with Crippen molar-refractivity contribution >= 4 is 5.69 Å². The lowest BCUT2D eigenvalue weighted by Crippen LogP contribution is -2.35. The zero-order chi connectivity index (χ0) is 9.38. The minimum Gasteiger partial charge on any atom is -0.384 e. The Kier molecular flexibility index (Phi) is 1.93. The first-order valence-electron chi connectivity index (χ1n) is 5.68. The van der Waals surface area contributed by atoms with Crippen LogP contribution in [0.3, 0.4) is 0 Å². The molecule has 0 saturated heterocycles. The molecule has 2 heteroatoms. The topological polar surface area (TPSA) is 15.9 Å². The van der Waals surface area contributed by atoms with Gasteiger partial charge in [0.25, 0.3) is 0 Å². The van der Waals surface area contributed by atoms with E-state index >= 15 is 0 Å². The van der Waals surface area contributed by atoms with Gasteiger partial charge in [0.2, 0.25) is 0 Å². The van der Waals surface area contributed by atoms with E-state index in [1.165, 1.54) is 43.5 Å². The van der Waals surface area contributed by atoms with E-state index in [-0.39, 0.29) is 0 Å². The van der Waals surface area contributed by atoms with Crippen molar-refractivity contribution < 1.29 is 4.57 Å². The quantitative estimate of drug-likeness (QED) is 0.701.